The molecule has 0 aromatic heterocycles. The second kappa shape index (κ2) is 9.41. The summed E-state index contributed by atoms with van der Waals surface area (Å²) in [5, 5.41) is 9.26. The largest absolute Gasteiger partial charge is 0.497 e. The van der Waals surface area contributed by atoms with Crippen LogP contribution in [0.5, 0.6) is 11.5 Å². The topological polar surface area (TPSA) is 59.0 Å². The number of aliphatic carboxylic acids is 1. The van der Waals surface area contributed by atoms with Crippen molar-refractivity contribution in [3.05, 3.63) is 54.1 Å². The van der Waals surface area contributed by atoms with E-state index < -0.39 is 5.97 Å². The molecule has 1 aliphatic heterocycles. The van der Waals surface area contributed by atoms with Crippen LogP contribution in [0.4, 0.5) is 5.69 Å². The van der Waals surface area contributed by atoms with Gasteiger partial charge in [0.25, 0.3) is 0 Å². The molecule has 0 bridgehead atoms. The second-order valence-electron chi connectivity index (χ2n) is 8.56. The number of hydrogen-bond acceptors (Lipinski definition) is 4. The third-order valence-corrected chi connectivity index (χ3v) is 6.39. The van der Waals surface area contributed by atoms with Crippen molar-refractivity contribution in [2.45, 2.75) is 38.0 Å². The average Bonchev–Trinajstić information content (AvgIpc) is 3.62. The number of methoxy groups -OCH3 is 1. The summed E-state index contributed by atoms with van der Waals surface area (Å²) >= 11 is 0. The van der Waals surface area contributed by atoms with Gasteiger partial charge in [-0.2, -0.15) is 0 Å². The van der Waals surface area contributed by atoms with Crippen molar-refractivity contribution >= 4 is 11.7 Å². The van der Waals surface area contributed by atoms with Crippen molar-refractivity contribution in [2.24, 2.45) is 11.8 Å². The number of piperidine rings is 1. The van der Waals surface area contributed by atoms with Crippen LogP contribution in [0.1, 0.15) is 43.6 Å². The third kappa shape index (κ3) is 5.26. The predicted molar refractivity (Wildman–Crippen MR) is 118 cm³/mol. The van der Waals surface area contributed by atoms with E-state index in [1.54, 1.807) is 7.11 Å². The first kappa shape index (κ1) is 20.6. The number of rotatable bonds is 9. The van der Waals surface area contributed by atoms with E-state index in [9.17, 15) is 9.90 Å². The van der Waals surface area contributed by atoms with Gasteiger partial charge in [0.15, 0.2) is 0 Å². The predicted octanol–water partition coefficient (Wildman–Crippen LogP) is 4.96. The fourth-order valence-electron chi connectivity index (χ4n) is 4.46. The highest BCUT2D eigenvalue weighted by Gasteiger charge is 2.33. The van der Waals surface area contributed by atoms with Crippen LogP contribution in [-0.4, -0.2) is 37.9 Å². The van der Waals surface area contributed by atoms with E-state index >= 15 is 0 Å². The summed E-state index contributed by atoms with van der Waals surface area (Å²) in [5.41, 5.74) is 2.32. The summed E-state index contributed by atoms with van der Waals surface area (Å²) in [6.45, 7) is 2.75. The first-order valence-electron chi connectivity index (χ1n) is 11.0. The Balaban J connectivity index is 1.30. The Morgan fingerprint density at radius 3 is 2.50 bits per heavy atom. The zero-order chi connectivity index (χ0) is 20.9. The molecule has 4 rings (SSSR count). The molecule has 1 heterocycles. The number of nitrogens with zero attached hydrogens (tertiary/aromatic N) is 1. The Morgan fingerprint density at radius 1 is 1.07 bits per heavy atom. The van der Waals surface area contributed by atoms with Gasteiger partial charge < -0.3 is 19.5 Å². The lowest BCUT2D eigenvalue weighted by molar-refractivity contribution is -0.137. The van der Waals surface area contributed by atoms with E-state index in [1.165, 1.54) is 5.69 Å². The minimum atomic E-state index is -0.721. The maximum atomic E-state index is 11.3. The van der Waals surface area contributed by atoms with E-state index in [-0.39, 0.29) is 12.3 Å². The van der Waals surface area contributed by atoms with Crippen LogP contribution in [0.2, 0.25) is 0 Å². The molecule has 2 aliphatic rings. The molecule has 1 saturated heterocycles. The van der Waals surface area contributed by atoms with Crippen LogP contribution in [-0.2, 0) is 4.79 Å². The maximum Gasteiger partial charge on any atom is 0.303 e. The van der Waals surface area contributed by atoms with E-state index in [0.717, 1.165) is 55.8 Å². The molecule has 5 nitrogen and oxygen atoms in total. The van der Waals surface area contributed by atoms with Gasteiger partial charge in [0.2, 0.25) is 0 Å². The van der Waals surface area contributed by atoms with Gasteiger partial charge in [0.05, 0.1) is 20.1 Å². The zero-order valence-corrected chi connectivity index (χ0v) is 17.6. The van der Waals surface area contributed by atoms with E-state index in [0.29, 0.717) is 18.4 Å². The standard InChI is InChI=1S/C25H31NO4/c1-29-22-6-3-5-21(15-22)26-12-10-18(11-13-26)17-30-23-7-2-4-20(14-23)24(16-25(27)28)19-8-9-19/h2-7,14-15,18-19,24H,8-13,16-17H2,1H3,(H,27,28). The fraction of sp³-hybridized carbons (Fsp3) is 0.480. The quantitative estimate of drug-likeness (QED) is 0.634. The molecule has 1 atom stereocenters. The SMILES string of the molecule is COc1cccc(N2CCC(COc3cccc(C(CC(=O)O)C4CC4)c3)CC2)c1. The minimum Gasteiger partial charge on any atom is -0.497 e. The van der Waals surface area contributed by atoms with Crippen molar-refractivity contribution in [3.8, 4) is 11.5 Å². The summed E-state index contributed by atoms with van der Waals surface area (Å²) in [5.74, 6) is 2.19. The molecule has 30 heavy (non-hydrogen) atoms. The van der Waals surface area contributed by atoms with Crippen LogP contribution >= 0.6 is 0 Å². The number of ether oxygens (including phenoxy) is 2. The highest BCUT2D eigenvalue weighted by molar-refractivity contribution is 5.68. The average molecular weight is 410 g/mol. The van der Waals surface area contributed by atoms with Crippen molar-refractivity contribution < 1.29 is 19.4 Å². The van der Waals surface area contributed by atoms with Gasteiger partial charge in [0.1, 0.15) is 11.5 Å². The van der Waals surface area contributed by atoms with Crippen LogP contribution in [0.25, 0.3) is 0 Å². The number of carbonyl (C=O) groups is 1. The summed E-state index contributed by atoms with van der Waals surface area (Å²) < 4.78 is 11.5. The lowest BCUT2D eigenvalue weighted by atomic mass is 9.91. The lowest BCUT2D eigenvalue weighted by Gasteiger charge is -2.33. The van der Waals surface area contributed by atoms with Crippen LogP contribution in [0.15, 0.2) is 48.5 Å². The van der Waals surface area contributed by atoms with Crippen LogP contribution < -0.4 is 14.4 Å². The molecule has 5 heteroatoms. The molecule has 0 spiro atoms. The Hall–Kier alpha value is -2.69. The highest BCUT2D eigenvalue weighted by atomic mass is 16.5. The smallest absolute Gasteiger partial charge is 0.303 e. The third-order valence-electron chi connectivity index (χ3n) is 6.39. The second-order valence-corrected chi connectivity index (χ2v) is 8.56. The Bertz CT molecular complexity index is 856. The van der Waals surface area contributed by atoms with Gasteiger partial charge in [-0.25, -0.2) is 0 Å². The molecule has 0 radical (unpaired) electrons. The molecular weight excluding hydrogens is 378 g/mol. The number of anilines is 1. The van der Waals surface area contributed by atoms with Crippen molar-refractivity contribution in [3.63, 3.8) is 0 Å². The molecule has 0 amide bonds. The molecule has 1 unspecified atom stereocenters. The molecule has 1 saturated carbocycles. The van der Waals surface area contributed by atoms with Crippen molar-refractivity contribution in [1.82, 2.24) is 0 Å². The molecule has 160 valence electrons. The summed E-state index contributed by atoms with van der Waals surface area (Å²) in [6, 6.07) is 16.3. The number of carboxylic acid groups (broad SMARTS) is 1. The van der Waals surface area contributed by atoms with Crippen molar-refractivity contribution in [1.29, 1.82) is 0 Å². The Labute approximate surface area is 178 Å². The Kier molecular flexibility index (Phi) is 6.46. The number of carboxylic acids is 1. The first-order chi connectivity index (χ1) is 14.6. The van der Waals surface area contributed by atoms with Gasteiger partial charge in [-0.1, -0.05) is 18.2 Å². The van der Waals surface area contributed by atoms with Gasteiger partial charge in [-0.15, -0.1) is 0 Å². The molecule has 1 N–H and O–H groups in total. The van der Waals surface area contributed by atoms with E-state index in [2.05, 4.69) is 23.1 Å². The van der Waals surface area contributed by atoms with Gasteiger partial charge in [-0.05, 0) is 73.3 Å². The van der Waals surface area contributed by atoms with Crippen molar-refractivity contribution in [2.75, 3.05) is 31.7 Å². The number of benzene rings is 2. The monoisotopic (exact) mass is 409 g/mol. The minimum absolute atomic E-state index is 0.108. The normalized spacial score (nSPS) is 18.1. The van der Waals surface area contributed by atoms with Gasteiger partial charge in [0, 0.05) is 24.8 Å². The highest BCUT2D eigenvalue weighted by Crippen LogP contribution is 2.45. The molecule has 1 aliphatic carbocycles. The molecule has 2 aromatic carbocycles. The molecular formula is C25H31NO4. The zero-order valence-electron chi connectivity index (χ0n) is 17.6. The van der Waals surface area contributed by atoms with E-state index in [4.69, 9.17) is 9.47 Å². The molecule has 2 aromatic rings. The lowest BCUT2D eigenvalue weighted by Crippen LogP contribution is -2.35. The maximum absolute atomic E-state index is 11.3. The van der Waals surface area contributed by atoms with Crippen LogP contribution in [0, 0.1) is 11.8 Å². The molecule has 2 fully saturated rings. The van der Waals surface area contributed by atoms with Gasteiger partial charge >= 0.3 is 5.97 Å². The van der Waals surface area contributed by atoms with Gasteiger partial charge in [-0.3, -0.25) is 4.79 Å². The van der Waals surface area contributed by atoms with Crippen LogP contribution in [0.3, 0.4) is 0 Å². The summed E-state index contributed by atoms with van der Waals surface area (Å²) in [4.78, 5) is 13.7. The summed E-state index contributed by atoms with van der Waals surface area (Å²) in [6.07, 6.45) is 4.67. The number of hydrogen-bond donors (Lipinski definition) is 1. The first-order valence-corrected chi connectivity index (χ1v) is 11.0. The van der Waals surface area contributed by atoms with E-state index in [1.807, 2.05) is 30.3 Å². The Morgan fingerprint density at radius 2 is 1.80 bits per heavy atom. The fourth-order valence-corrected chi connectivity index (χ4v) is 4.46. The summed E-state index contributed by atoms with van der Waals surface area (Å²) in [7, 11) is 1.70.